The van der Waals surface area contributed by atoms with Crippen LogP contribution in [0.25, 0.3) is 5.70 Å². The molecule has 0 aromatic heterocycles. The zero-order valence-electron chi connectivity index (χ0n) is 17.6. The summed E-state index contributed by atoms with van der Waals surface area (Å²) < 4.78 is 15.6. The quantitative estimate of drug-likeness (QED) is 0.314. The van der Waals surface area contributed by atoms with Crippen molar-refractivity contribution < 1.29 is 4.39 Å². The van der Waals surface area contributed by atoms with Gasteiger partial charge in [0.2, 0.25) is 0 Å². The van der Waals surface area contributed by atoms with E-state index in [2.05, 4.69) is 39.4 Å². The minimum Gasteiger partial charge on any atom is -0.324 e. The van der Waals surface area contributed by atoms with Crippen LogP contribution in [0.15, 0.2) is 55.1 Å². The van der Waals surface area contributed by atoms with E-state index in [0.29, 0.717) is 29.8 Å². The van der Waals surface area contributed by atoms with Crippen LogP contribution in [-0.4, -0.2) is 35.5 Å². The molecule has 4 nitrogen and oxygen atoms in total. The number of benzene rings is 2. The van der Waals surface area contributed by atoms with Crippen molar-refractivity contribution in [2.75, 3.05) is 17.4 Å². The molecule has 1 heterocycles. The zero-order valence-corrected chi connectivity index (χ0v) is 19.2. The molecule has 2 aliphatic rings. The van der Waals surface area contributed by atoms with E-state index in [1.165, 1.54) is 5.56 Å². The van der Waals surface area contributed by atoms with Gasteiger partial charge in [0.05, 0.1) is 6.54 Å². The van der Waals surface area contributed by atoms with E-state index in [0.717, 1.165) is 48.7 Å². The smallest absolute Gasteiger partial charge is 0.103 e. The van der Waals surface area contributed by atoms with Gasteiger partial charge in [0.25, 0.3) is 0 Å². The summed E-state index contributed by atoms with van der Waals surface area (Å²) in [6.07, 6.45) is 3.09. The molecular weight excluding hydrogens is 431 g/mol. The molecule has 2 aromatic carbocycles. The van der Waals surface area contributed by atoms with Crippen LogP contribution < -0.4 is 15.6 Å². The second kappa shape index (κ2) is 10.3. The van der Waals surface area contributed by atoms with Gasteiger partial charge in [0, 0.05) is 27.7 Å². The molecule has 7 heteroatoms. The fraction of sp³-hybridized carbons (Fsp3) is 0.417. The van der Waals surface area contributed by atoms with Gasteiger partial charge in [-0.25, -0.2) is 4.39 Å². The van der Waals surface area contributed by atoms with E-state index >= 15 is 0 Å². The number of halogens is 2. The van der Waals surface area contributed by atoms with E-state index < -0.39 is 6.17 Å². The SMILES string of the molecule is C=C(NN)c1ccc(CN(SC2CCN(C3CC(F)C3)CC2)c2cccc(Cl)c2)cc1. The summed E-state index contributed by atoms with van der Waals surface area (Å²) in [7, 11) is 0. The first kappa shape index (κ1) is 22.5. The maximum atomic E-state index is 13.2. The molecular formula is C24H30ClFN4S. The van der Waals surface area contributed by atoms with E-state index in [-0.39, 0.29) is 0 Å². The van der Waals surface area contributed by atoms with Gasteiger partial charge in [-0.3, -0.25) is 5.84 Å². The number of nitrogens with one attached hydrogen (secondary N) is 1. The molecule has 0 atom stereocenters. The van der Waals surface area contributed by atoms with Crippen molar-refractivity contribution >= 4 is 34.9 Å². The lowest BCUT2D eigenvalue weighted by molar-refractivity contribution is 0.0430. The molecule has 0 spiro atoms. The molecule has 1 saturated carbocycles. The normalized spacial score (nSPS) is 22.0. The molecule has 166 valence electrons. The Labute approximate surface area is 193 Å². The first-order valence-electron chi connectivity index (χ1n) is 10.8. The van der Waals surface area contributed by atoms with Crippen molar-refractivity contribution in [3.63, 3.8) is 0 Å². The Bertz CT molecular complexity index is 879. The van der Waals surface area contributed by atoms with Crippen LogP contribution in [0.1, 0.15) is 36.8 Å². The Morgan fingerprint density at radius 1 is 1.19 bits per heavy atom. The standard InChI is InChI=1S/C24H30ClFN4S/c1-17(28-27)19-7-5-18(6-8-19)16-30(22-4-2-3-20(25)13-22)31-24-9-11-29(12-10-24)23-14-21(26)15-23/h2-8,13,21,23-24,28H,1,9-12,14-16,27H2. The minimum atomic E-state index is -0.584. The number of piperidine rings is 1. The second-order valence-corrected chi connectivity index (χ2v) is 10.2. The number of hydrogen-bond donors (Lipinski definition) is 2. The molecule has 0 radical (unpaired) electrons. The summed E-state index contributed by atoms with van der Waals surface area (Å²) in [5.41, 5.74) is 6.60. The van der Waals surface area contributed by atoms with Gasteiger partial charge < -0.3 is 14.6 Å². The first-order chi connectivity index (χ1) is 15.0. The molecule has 1 aliphatic carbocycles. The van der Waals surface area contributed by atoms with E-state index in [1.807, 2.05) is 42.3 Å². The van der Waals surface area contributed by atoms with Crippen LogP contribution in [-0.2, 0) is 6.54 Å². The van der Waals surface area contributed by atoms with E-state index in [4.69, 9.17) is 17.4 Å². The molecule has 2 fully saturated rings. The topological polar surface area (TPSA) is 44.5 Å². The number of hydrazine groups is 1. The Morgan fingerprint density at radius 2 is 1.90 bits per heavy atom. The van der Waals surface area contributed by atoms with Gasteiger partial charge in [0.1, 0.15) is 6.17 Å². The van der Waals surface area contributed by atoms with Gasteiger partial charge in [-0.1, -0.05) is 48.5 Å². The van der Waals surface area contributed by atoms with Crippen molar-refractivity contribution in [1.82, 2.24) is 10.3 Å². The summed E-state index contributed by atoms with van der Waals surface area (Å²) in [6, 6.07) is 16.8. The lowest BCUT2D eigenvalue weighted by Crippen LogP contribution is -2.49. The van der Waals surface area contributed by atoms with Gasteiger partial charge in [-0.2, -0.15) is 0 Å². The lowest BCUT2D eigenvalue weighted by Gasteiger charge is -2.43. The highest BCUT2D eigenvalue weighted by atomic mass is 35.5. The Kier molecular flexibility index (Phi) is 7.43. The van der Waals surface area contributed by atoms with Crippen LogP contribution in [0, 0.1) is 0 Å². The molecule has 0 amide bonds. The molecule has 2 aromatic rings. The highest BCUT2D eigenvalue weighted by Gasteiger charge is 2.35. The first-order valence-corrected chi connectivity index (χ1v) is 12.1. The highest BCUT2D eigenvalue weighted by Crippen LogP contribution is 2.36. The number of alkyl halides is 1. The van der Waals surface area contributed by atoms with Crippen LogP contribution in [0.3, 0.4) is 0 Å². The minimum absolute atomic E-state index is 0.459. The molecule has 1 saturated heterocycles. The number of hydrogen-bond acceptors (Lipinski definition) is 5. The highest BCUT2D eigenvalue weighted by molar-refractivity contribution is 8.01. The molecule has 31 heavy (non-hydrogen) atoms. The molecule has 4 rings (SSSR count). The van der Waals surface area contributed by atoms with Gasteiger partial charge in [0.15, 0.2) is 0 Å². The maximum Gasteiger partial charge on any atom is 0.103 e. The second-order valence-electron chi connectivity index (χ2n) is 8.40. The van der Waals surface area contributed by atoms with Gasteiger partial charge in [-0.15, -0.1) is 0 Å². The van der Waals surface area contributed by atoms with Crippen LogP contribution in [0.4, 0.5) is 10.1 Å². The Morgan fingerprint density at radius 3 is 2.52 bits per heavy atom. The average Bonchev–Trinajstić information content (AvgIpc) is 2.77. The largest absolute Gasteiger partial charge is 0.324 e. The summed E-state index contributed by atoms with van der Waals surface area (Å²) >= 11 is 8.19. The van der Waals surface area contributed by atoms with Gasteiger partial charge >= 0.3 is 0 Å². The van der Waals surface area contributed by atoms with Crippen LogP contribution >= 0.6 is 23.5 Å². The lowest BCUT2D eigenvalue weighted by atomic mass is 9.88. The third-order valence-electron chi connectivity index (χ3n) is 6.22. The zero-order chi connectivity index (χ0) is 21.8. The predicted molar refractivity (Wildman–Crippen MR) is 131 cm³/mol. The van der Waals surface area contributed by atoms with Crippen molar-refractivity contribution in [2.24, 2.45) is 5.84 Å². The summed E-state index contributed by atoms with van der Waals surface area (Å²) in [4.78, 5) is 2.48. The van der Waals surface area contributed by atoms with Crippen molar-refractivity contribution in [1.29, 1.82) is 0 Å². The summed E-state index contributed by atoms with van der Waals surface area (Å²) in [6.45, 7) is 6.80. The van der Waals surface area contributed by atoms with Crippen molar-refractivity contribution in [2.45, 2.75) is 49.7 Å². The summed E-state index contributed by atoms with van der Waals surface area (Å²) in [5.74, 6) is 5.47. The summed E-state index contributed by atoms with van der Waals surface area (Å²) in [5, 5.41) is 1.28. The fourth-order valence-electron chi connectivity index (χ4n) is 4.23. The number of nitrogens with zero attached hydrogens (tertiary/aromatic N) is 2. The molecule has 3 N–H and O–H groups in total. The van der Waals surface area contributed by atoms with Gasteiger partial charge in [-0.05, 0) is 80.0 Å². The Balaban J connectivity index is 1.42. The number of anilines is 1. The monoisotopic (exact) mass is 460 g/mol. The van der Waals surface area contributed by atoms with Crippen molar-refractivity contribution in [3.05, 3.63) is 71.3 Å². The third-order valence-corrected chi connectivity index (χ3v) is 7.82. The van der Waals surface area contributed by atoms with Crippen LogP contribution in [0.5, 0.6) is 0 Å². The average molecular weight is 461 g/mol. The predicted octanol–water partition coefficient (Wildman–Crippen LogP) is 5.39. The Hall–Kier alpha value is -1.73. The van der Waals surface area contributed by atoms with Crippen molar-refractivity contribution in [3.8, 4) is 0 Å². The number of nitrogens with two attached hydrogens (primary N) is 1. The molecule has 1 aliphatic heterocycles. The number of rotatable bonds is 8. The van der Waals surface area contributed by atoms with Crippen LogP contribution in [0.2, 0.25) is 5.02 Å². The maximum absolute atomic E-state index is 13.2. The fourth-order valence-corrected chi connectivity index (χ4v) is 5.65. The van der Waals surface area contributed by atoms with E-state index in [1.54, 1.807) is 0 Å². The van der Waals surface area contributed by atoms with E-state index in [9.17, 15) is 4.39 Å². The molecule has 0 bridgehead atoms. The number of likely N-dealkylation sites (tertiary alicyclic amines) is 1. The molecule has 0 unspecified atom stereocenters. The third kappa shape index (κ3) is 5.75.